The minimum Gasteiger partial charge on any atom is -0.481 e. The van der Waals surface area contributed by atoms with Gasteiger partial charge in [0.25, 0.3) is 0 Å². The number of hydrogen-bond acceptors (Lipinski definition) is 5. The summed E-state index contributed by atoms with van der Waals surface area (Å²) in [4.78, 5) is 21.4. The molecule has 0 aromatic heterocycles. The maximum absolute atomic E-state index is 11.3. The fourth-order valence-electron chi connectivity index (χ4n) is 0.831. The van der Waals surface area contributed by atoms with Crippen LogP contribution in [0.2, 0.25) is 0 Å². The molecule has 0 aliphatic carbocycles. The highest BCUT2D eigenvalue weighted by atomic mass is 16.4. The third-order valence-electron chi connectivity index (χ3n) is 2.03. The quantitative estimate of drug-likeness (QED) is 0.366. The van der Waals surface area contributed by atoms with Gasteiger partial charge in [0.05, 0.1) is 13.0 Å². The zero-order valence-electron chi connectivity index (χ0n) is 10.8. The molecule has 0 aromatic carbocycles. The monoisotopic (exact) mass is 269 g/mol. The van der Waals surface area contributed by atoms with Crippen LogP contribution in [-0.4, -0.2) is 64.1 Å². The zero-order chi connectivity index (χ0) is 14.1. The van der Waals surface area contributed by atoms with E-state index in [-0.39, 0.29) is 25.0 Å². The van der Waals surface area contributed by atoms with Crippen LogP contribution < -0.4 is 5.32 Å². The Hall–Kier alpha value is -1.22. The number of carboxylic acids is 1. The van der Waals surface area contributed by atoms with Crippen LogP contribution in [-0.2, 0) is 9.59 Å². The highest BCUT2D eigenvalue weighted by molar-refractivity contribution is 5.81. The van der Waals surface area contributed by atoms with E-state index in [0.717, 1.165) is 7.11 Å². The number of aliphatic hydroxyl groups excluding tert-OH is 3. The lowest BCUT2D eigenvalue weighted by Crippen LogP contribution is -2.45. The average molecular weight is 269 g/mol. The van der Waals surface area contributed by atoms with Gasteiger partial charge in [0.2, 0.25) is 5.91 Å². The van der Waals surface area contributed by atoms with Crippen LogP contribution in [0, 0.1) is 5.41 Å². The van der Waals surface area contributed by atoms with Crippen molar-refractivity contribution < 1.29 is 35.5 Å². The second-order valence-electron chi connectivity index (χ2n) is 3.98. The standard InChI is InChI=1S/C9H17NO5.CH4O.H2O/c1-9(2,5-11)7(14)8(15)10-4-3-6(12)13;1-2;/h7,11,14H,3-5H2,1-2H3,(H,10,15)(H,12,13);2H,1H3;1H2. The van der Waals surface area contributed by atoms with E-state index >= 15 is 0 Å². The molecule has 0 bridgehead atoms. The molecular weight excluding hydrogens is 246 g/mol. The number of carboxylic acid groups (broad SMARTS) is 1. The second-order valence-corrected chi connectivity index (χ2v) is 3.98. The van der Waals surface area contributed by atoms with E-state index in [9.17, 15) is 14.7 Å². The molecule has 7 N–H and O–H groups in total. The molecule has 0 fully saturated rings. The first-order valence-corrected chi connectivity index (χ1v) is 5.04. The van der Waals surface area contributed by atoms with Gasteiger partial charge in [-0.25, -0.2) is 0 Å². The predicted molar refractivity (Wildman–Crippen MR) is 63.9 cm³/mol. The van der Waals surface area contributed by atoms with Crippen LogP contribution in [0.4, 0.5) is 0 Å². The predicted octanol–water partition coefficient (Wildman–Crippen LogP) is -2.26. The molecule has 0 saturated carbocycles. The Bertz CT molecular complexity index is 242. The number of rotatable bonds is 6. The topological polar surface area (TPSA) is 159 Å². The largest absolute Gasteiger partial charge is 0.481 e. The number of aliphatic carboxylic acids is 1. The van der Waals surface area contributed by atoms with Gasteiger partial charge in [0.15, 0.2) is 0 Å². The SMILES string of the molecule is CC(C)(CO)C(O)C(=O)NCCC(=O)O.CO.O. The van der Waals surface area contributed by atoms with Crippen molar-refractivity contribution in [2.75, 3.05) is 20.3 Å². The first kappa shape index (κ1) is 22.0. The third kappa shape index (κ3) is 8.88. The average Bonchev–Trinajstić information content (AvgIpc) is 2.30. The lowest BCUT2D eigenvalue weighted by Gasteiger charge is -2.26. The molecule has 0 saturated heterocycles. The smallest absolute Gasteiger partial charge is 0.305 e. The molecule has 0 spiro atoms. The summed E-state index contributed by atoms with van der Waals surface area (Å²) in [6.07, 6.45) is -1.55. The Morgan fingerprint density at radius 2 is 1.72 bits per heavy atom. The number of carbonyl (C=O) groups excluding carboxylic acids is 1. The van der Waals surface area contributed by atoms with Gasteiger partial charge in [-0.1, -0.05) is 13.8 Å². The molecule has 18 heavy (non-hydrogen) atoms. The molecule has 0 aliphatic heterocycles. The van der Waals surface area contributed by atoms with Crippen LogP contribution in [0.1, 0.15) is 20.3 Å². The minimum absolute atomic E-state index is 0. The Kier molecular flexibility index (Phi) is 13.3. The summed E-state index contributed by atoms with van der Waals surface area (Å²) >= 11 is 0. The molecule has 1 amide bonds. The fraction of sp³-hybridized carbons (Fsp3) is 0.800. The Labute approximate surface area is 106 Å². The zero-order valence-corrected chi connectivity index (χ0v) is 10.8. The summed E-state index contributed by atoms with van der Waals surface area (Å²) in [5, 5.41) is 36.0. The minimum atomic E-state index is -1.35. The summed E-state index contributed by atoms with van der Waals surface area (Å²) < 4.78 is 0. The van der Waals surface area contributed by atoms with Crippen molar-refractivity contribution in [1.29, 1.82) is 0 Å². The molecule has 0 heterocycles. The molecule has 0 radical (unpaired) electrons. The highest BCUT2D eigenvalue weighted by Crippen LogP contribution is 2.19. The number of aliphatic hydroxyl groups is 3. The van der Waals surface area contributed by atoms with Gasteiger partial charge >= 0.3 is 5.97 Å². The molecule has 110 valence electrons. The van der Waals surface area contributed by atoms with Crippen molar-refractivity contribution in [3.8, 4) is 0 Å². The lowest BCUT2D eigenvalue weighted by molar-refractivity contribution is -0.138. The normalized spacial score (nSPS) is 11.4. The van der Waals surface area contributed by atoms with E-state index < -0.39 is 23.4 Å². The van der Waals surface area contributed by atoms with Crippen molar-refractivity contribution in [1.82, 2.24) is 5.32 Å². The molecular formula is C10H23NO7. The molecule has 0 aromatic rings. The van der Waals surface area contributed by atoms with Gasteiger partial charge in [0.1, 0.15) is 6.10 Å². The van der Waals surface area contributed by atoms with Gasteiger partial charge < -0.3 is 31.2 Å². The van der Waals surface area contributed by atoms with Gasteiger partial charge in [-0.05, 0) is 0 Å². The Balaban J connectivity index is -0.000000709. The van der Waals surface area contributed by atoms with Crippen LogP contribution in [0.3, 0.4) is 0 Å². The number of carbonyl (C=O) groups is 2. The maximum atomic E-state index is 11.3. The van der Waals surface area contributed by atoms with E-state index in [1.54, 1.807) is 0 Å². The van der Waals surface area contributed by atoms with E-state index in [4.69, 9.17) is 15.3 Å². The summed E-state index contributed by atoms with van der Waals surface area (Å²) in [5.41, 5.74) is -0.937. The van der Waals surface area contributed by atoms with E-state index in [1.165, 1.54) is 13.8 Å². The maximum Gasteiger partial charge on any atom is 0.305 e. The first-order valence-electron chi connectivity index (χ1n) is 5.04. The molecule has 0 aliphatic rings. The third-order valence-corrected chi connectivity index (χ3v) is 2.03. The fourth-order valence-corrected chi connectivity index (χ4v) is 0.831. The summed E-state index contributed by atoms with van der Waals surface area (Å²) in [7, 11) is 1.00. The van der Waals surface area contributed by atoms with Crippen LogP contribution >= 0.6 is 0 Å². The van der Waals surface area contributed by atoms with Crippen LogP contribution in [0.5, 0.6) is 0 Å². The molecule has 1 atom stereocenters. The van der Waals surface area contributed by atoms with E-state index in [1.807, 2.05) is 0 Å². The molecule has 8 heteroatoms. The van der Waals surface area contributed by atoms with Crippen molar-refractivity contribution in [3.05, 3.63) is 0 Å². The van der Waals surface area contributed by atoms with Crippen molar-refractivity contribution >= 4 is 11.9 Å². The summed E-state index contributed by atoms with van der Waals surface area (Å²) in [5.74, 6) is -1.69. The van der Waals surface area contributed by atoms with Crippen LogP contribution in [0.25, 0.3) is 0 Å². The Morgan fingerprint density at radius 3 is 2.06 bits per heavy atom. The summed E-state index contributed by atoms with van der Waals surface area (Å²) in [6, 6.07) is 0. The van der Waals surface area contributed by atoms with Crippen molar-refractivity contribution in [2.24, 2.45) is 5.41 Å². The Morgan fingerprint density at radius 1 is 1.28 bits per heavy atom. The van der Waals surface area contributed by atoms with Gasteiger partial charge in [0, 0.05) is 19.1 Å². The number of amides is 1. The molecule has 1 unspecified atom stereocenters. The van der Waals surface area contributed by atoms with E-state index in [2.05, 4.69) is 5.32 Å². The molecule has 8 nitrogen and oxygen atoms in total. The van der Waals surface area contributed by atoms with Crippen LogP contribution in [0.15, 0.2) is 0 Å². The van der Waals surface area contributed by atoms with Crippen molar-refractivity contribution in [3.63, 3.8) is 0 Å². The highest BCUT2D eigenvalue weighted by Gasteiger charge is 2.32. The van der Waals surface area contributed by atoms with Gasteiger partial charge in [-0.15, -0.1) is 0 Å². The number of nitrogens with one attached hydrogen (secondary N) is 1. The number of hydrogen-bond donors (Lipinski definition) is 5. The lowest BCUT2D eigenvalue weighted by atomic mass is 9.87. The first-order chi connectivity index (χ1) is 7.81. The molecule has 0 rings (SSSR count). The van der Waals surface area contributed by atoms with Gasteiger partial charge in [-0.3, -0.25) is 9.59 Å². The van der Waals surface area contributed by atoms with Crippen molar-refractivity contribution in [2.45, 2.75) is 26.4 Å². The van der Waals surface area contributed by atoms with Gasteiger partial charge in [-0.2, -0.15) is 0 Å². The second kappa shape index (κ2) is 10.9. The summed E-state index contributed by atoms with van der Waals surface area (Å²) in [6.45, 7) is 2.70. The van der Waals surface area contributed by atoms with E-state index in [0.29, 0.717) is 0 Å².